The molecular weight excluding hydrogens is 361 g/mol. The van der Waals surface area contributed by atoms with Crippen LogP contribution in [0, 0.1) is 5.82 Å². The quantitative estimate of drug-likeness (QED) is 0.399. The molecule has 0 amide bonds. The number of thioether (sulfide) groups is 1. The van der Waals surface area contributed by atoms with E-state index in [0.717, 1.165) is 28.0 Å². The van der Waals surface area contributed by atoms with Crippen molar-refractivity contribution in [2.24, 2.45) is 0 Å². The fraction of sp³-hybridized carbons (Fsp3) is 0.150. The van der Waals surface area contributed by atoms with Gasteiger partial charge in [-0.25, -0.2) is 19.0 Å². The Morgan fingerprint density at radius 3 is 2.52 bits per heavy atom. The van der Waals surface area contributed by atoms with Crippen molar-refractivity contribution in [3.05, 3.63) is 77.7 Å². The number of halogens is 1. The average Bonchev–Trinajstić information content (AvgIpc) is 3.11. The van der Waals surface area contributed by atoms with Gasteiger partial charge in [-0.15, -0.1) is 0 Å². The van der Waals surface area contributed by atoms with Crippen LogP contribution in [-0.4, -0.2) is 26.0 Å². The Morgan fingerprint density at radius 1 is 1.00 bits per heavy atom. The van der Waals surface area contributed by atoms with Gasteiger partial charge >= 0.3 is 0 Å². The lowest BCUT2D eigenvalue weighted by Crippen LogP contribution is -2.06. The number of nitrogens with zero attached hydrogens (tertiary/aromatic N) is 4. The fourth-order valence-corrected chi connectivity index (χ4v) is 3.18. The van der Waals surface area contributed by atoms with Gasteiger partial charge < -0.3 is 5.32 Å². The van der Waals surface area contributed by atoms with Crippen molar-refractivity contribution in [2.75, 3.05) is 11.6 Å². The maximum absolute atomic E-state index is 13.1. The minimum absolute atomic E-state index is 0.241. The molecule has 0 aliphatic heterocycles. The van der Waals surface area contributed by atoms with Crippen LogP contribution in [-0.2, 0) is 13.1 Å². The Bertz CT molecular complexity index is 1050. The van der Waals surface area contributed by atoms with E-state index in [-0.39, 0.29) is 5.82 Å². The first-order valence-electron chi connectivity index (χ1n) is 8.53. The molecule has 0 spiro atoms. The van der Waals surface area contributed by atoms with Crippen molar-refractivity contribution in [2.45, 2.75) is 18.2 Å². The van der Waals surface area contributed by atoms with E-state index in [4.69, 9.17) is 0 Å². The number of aromatic nitrogens is 4. The number of rotatable bonds is 6. The zero-order valence-electron chi connectivity index (χ0n) is 14.8. The van der Waals surface area contributed by atoms with E-state index in [2.05, 4.69) is 32.5 Å². The SMILES string of the molecule is CSc1nc(NCc2ccc(F)cc2)c2cnn(Cc3ccccc3)c2n1. The molecule has 0 atom stereocenters. The molecule has 5 nitrogen and oxygen atoms in total. The van der Waals surface area contributed by atoms with Crippen LogP contribution in [0.2, 0.25) is 0 Å². The first kappa shape index (κ1) is 17.5. The van der Waals surface area contributed by atoms with E-state index in [1.165, 1.54) is 23.9 Å². The van der Waals surface area contributed by atoms with Crippen molar-refractivity contribution in [3.8, 4) is 0 Å². The summed E-state index contributed by atoms with van der Waals surface area (Å²) < 4.78 is 15.0. The predicted octanol–water partition coefficient (Wildman–Crippen LogP) is 4.35. The number of hydrogen-bond donors (Lipinski definition) is 1. The van der Waals surface area contributed by atoms with Gasteiger partial charge in [0.05, 0.1) is 18.1 Å². The zero-order chi connectivity index (χ0) is 18.6. The van der Waals surface area contributed by atoms with Gasteiger partial charge in [0, 0.05) is 6.54 Å². The standard InChI is InChI=1S/C20H18FN5S/c1-27-20-24-18(22-11-14-7-9-16(21)10-8-14)17-12-23-26(19(17)25-20)13-15-5-3-2-4-6-15/h2-10,12H,11,13H2,1H3,(H,22,24,25). The van der Waals surface area contributed by atoms with Crippen LogP contribution in [0.4, 0.5) is 10.2 Å². The third-order valence-corrected chi connectivity index (χ3v) is 4.75. The van der Waals surface area contributed by atoms with Gasteiger partial charge in [0.15, 0.2) is 10.8 Å². The maximum atomic E-state index is 13.1. The van der Waals surface area contributed by atoms with Gasteiger partial charge in [-0.2, -0.15) is 5.10 Å². The summed E-state index contributed by atoms with van der Waals surface area (Å²) in [6.45, 7) is 1.19. The summed E-state index contributed by atoms with van der Waals surface area (Å²) in [4.78, 5) is 9.23. The minimum atomic E-state index is -0.241. The lowest BCUT2D eigenvalue weighted by molar-refractivity contribution is 0.627. The normalized spacial score (nSPS) is 11.0. The summed E-state index contributed by atoms with van der Waals surface area (Å²) >= 11 is 1.49. The van der Waals surface area contributed by atoms with E-state index in [1.54, 1.807) is 18.3 Å². The Kier molecular flexibility index (Phi) is 5.02. The molecular formula is C20H18FN5S. The molecule has 0 aliphatic rings. The minimum Gasteiger partial charge on any atom is -0.365 e. The lowest BCUT2D eigenvalue weighted by Gasteiger charge is -2.09. The van der Waals surface area contributed by atoms with Gasteiger partial charge in [-0.1, -0.05) is 54.2 Å². The summed E-state index contributed by atoms with van der Waals surface area (Å²) in [7, 11) is 0. The lowest BCUT2D eigenvalue weighted by atomic mass is 10.2. The maximum Gasteiger partial charge on any atom is 0.191 e. The van der Waals surface area contributed by atoms with E-state index in [9.17, 15) is 4.39 Å². The van der Waals surface area contributed by atoms with Crippen LogP contribution in [0.25, 0.3) is 11.0 Å². The molecule has 2 aromatic carbocycles. The molecule has 0 radical (unpaired) electrons. The summed E-state index contributed by atoms with van der Waals surface area (Å²) in [5, 5.41) is 9.39. The molecule has 136 valence electrons. The highest BCUT2D eigenvalue weighted by Crippen LogP contribution is 2.24. The molecule has 4 aromatic rings. The Labute approximate surface area is 160 Å². The predicted molar refractivity (Wildman–Crippen MR) is 106 cm³/mol. The summed E-state index contributed by atoms with van der Waals surface area (Å²) in [6.07, 6.45) is 3.73. The highest BCUT2D eigenvalue weighted by atomic mass is 32.2. The Balaban J connectivity index is 1.65. The molecule has 2 aromatic heterocycles. The van der Waals surface area contributed by atoms with E-state index in [0.29, 0.717) is 18.2 Å². The zero-order valence-corrected chi connectivity index (χ0v) is 15.6. The molecule has 2 heterocycles. The smallest absolute Gasteiger partial charge is 0.191 e. The first-order valence-corrected chi connectivity index (χ1v) is 9.75. The number of hydrogen-bond acceptors (Lipinski definition) is 5. The van der Waals surface area contributed by atoms with Crippen LogP contribution in [0.5, 0.6) is 0 Å². The molecule has 4 rings (SSSR count). The monoisotopic (exact) mass is 379 g/mol. The van der Waals surface area contributed by atoms with Crippen molar-refractivity contribution in [1.29, 1.82) is 0 Å². The van der Waals surface area contributed by atoms with E-state index < -0.39 is 0 Å². The molecule has 1 N–H and O–H groups in total. The first-order chi connectivity index (χ1) is 13.2. The summed E-state index contributed by atoms with van der Waals surface area (Å²) in [6, 6.07) is 16.6. The number of nitrogens with one attached hydrogen (secondary N) is 1. The molecule has 0 saturated heterocycles. The van der Waals surface area contributed by atoms with Crippen molar-refractivity contribution in [1.82, 2.24) is 19.7 Å². The second-order valence-corrected chi connectivity index (χ2v) is 6.84. The second-order valence-electron chi connectivity index (χ2n) is 6.06. The molecule has 7 heteroatoms. The fourth-order valence-electron chi connectivity index (χ4n) is 2.82. The van der Waals surface area contributed by atoms with E-state index >= 15 is 0 Å². The molecule has 0 aliphatic carbocycles. The second kappa shape index (κ2) is 7.75. The van der Waals surface area contributed by atoms with Crippen molar-refractivity contribution >= 4 is 28.6 Å². The average molecular weight is 379 g/mol. The third kappa shape index (κ3) is 3.93. The van der Waals surface area contributed by atoms with Gasteiger partial charge in [-0.05, 0) is 29.5 Å². The Hall–Kier alpha value is -2.93. The van der Waals surface area contributed by atoms with Crippen LogP contribution in [0.3, 0.4) is 0 Å². The topological polar surface area (TPSA) is 55.6 Å². The Morgan fingerprint density at radius 2 is 1.78 bits per heavy atom. The van der Waals surface area contributed by atoms with Crippen LogP contribution >= 0.6 is 11.8 Å². The van der Waals surface area contributed by atoms with Crippen LogP contribution < -0.4 is 5.32 Å². The van der Waals surface area contributed by atoms with Gasteiger partial charge in [0.1, 0.15) is 11.6 Å². The summed E-state index contributed by atoms with van der Waals surface area (Å²) in [5.74, 6) is 0.489. The molecule has 0 bridgehead atoms. The highest BCUT2D eigenvalue weighted by molar-refractivity contribution is 7.98. The molecule has 0 fully saturated rings. The van der Waals surface area contributed by atoms with Gasteiger partial charge in [-0.3, -0.25) is 0 Å². The molecule has 0 unspecified atom stereocenters. The van der Waals surface area contributed by atoms with Crippen LogP contribution in [0.1, 0.15) is 11.1 Å². The number of fused-ring (bicyclic) bond motifs is 1. The number of benzene rings is 2. The van der Waals surface area contributed by atoms with Crippen LogP contribution in [0.15, 0.2) is 66.0 Å². The molecule has 0 saturated carbocycles. The van der Waals surface area contributed by atoms with Gasteiger partial charge in [0.25, 0.3) is 0 Å². The highest BCUT2D eigenvalue weighted by Gasteiger charge is 2.13. The summed E-state index contributed by atoms with van der Waals surface area (Å²) in [5.41, 5.74) is 2.93. The largest absolute Gasteiger partial charge is 0.365 e. The third-order valence-electron chi connectivity index (χ3n) is 4.21. The van der Waals surface area contributed by atoms with Crippen molar-refractivity contribution in [3.63, 3.8) is 0 Å². The van der Waals surface area contributed by atoms with Crippen molar-refractivity contribution < 1.29 is 4.39 Å². The van der Waals surface area contributed by atoms with E-state index in [1.807, 2.05) is 29.1 Å². The molecule has 27 heavy (non-hydrogen) atoms. The van der Waals surface area contributed by atoms with Gasteiger partial charge in [0.2, 0.25) is 0 Å². The number of anilines is 1.